The van der Waals surface area contributed by atoms with E-state index in [1.165, 1.54) is 5.56 Å². The predicted octanol–water partition coefficient (Wildman–Crippen LogP) is 7.98. The maximum Gasteiger partial charge on any atom is 0.326 e. The van der Waals surface area contributed by atoms with Crippen molar-refractivity contribution in [2.45, 2.75) is 59.4 Å². The number of nitrogen functional groups attached to an aromatic ring is 1. The topological polar surface area (TPSA) is 67.6 Å². The van der Waals surface area contributed by atoms with Crippen LogP contribution in [0.1, 0.15) is 68.8 Å². The molecule has 0 aliphatic heterocycles. The van der Waals surface area contributed by atoms with Gasteiger partial charge in [-0.05, 0) is 78.3 Å². The first kappa shape index (κ1) is 26.4. The average Bonchev–Trinajstić information content (AvgIpc) is 2.84. The van der Waals surface area contributed by atoms with Crippen molar-refractivity contribution < 1.29 is 9.53 Å². The monoisotopic (exact) mass is 493 g/mol. The number of nitrogens with two attached hydrogens (primary N) is 1. The summed E-state index contributed by atoms with van der Waals surface area (Å²) >= 11 is 6.52. The second kappa shape index (κ2) is 11.5. The number of urea groups is 1. The Morgan fingerprint density at radius 2 is 1.54 bits per heavy atom. The summed E-state index contributed by atoms with van der Waals surface area (Å²) in [6.45, 7) is 10.4. The number of benzene rings is 3. The number of nitrogens with one attached hydrogen (secondary N) is 1. The summed E-state index contributed by atoms with van der Waals surface area (Å²) in [6.07, 6.45) is 1.36. The highest BCUT2D eigenvalue weighted by Gasteiger charge is 2.26. The van der Waals surface area contributed by atoms with E-state index < -0.39 is 0 Å². The first-order valence-electron chi connectivity index (χ1n) is 12.2. The number of hydrogen-bond donors (Lipinski definition) is 2. The highest BCUT2D eigenvalue weighted by atomic mass is 35.5. The molecule has 3 rings (SSSR count). The normalized spacial score (nSPS) is 11.9. The first-order valence-corrected chi connectivity index (χ1v) is 12.5. The van der Waals surface area contributed by atoms with Gasteiger partial charge in [-0.2, -0.15) is 0 Å². The van der Waals surface area contributed by atoms with E-state index in [2.05, 4.69) is 31.3 Å². The molecule has 0 aromatic heterocycles. The van der Waals surface area contributed by atoms with Gasteiger partial charge >= 0.3 is 6.03 Å². The zero-order valence-corrected chi connectivity index (χ0v) is 22.2. The van der Waals surface area contributed by atoms with Crippen LogP contribution < -0.4 is 20.7 Å². The molecule has 0 bridgehead atoms. The summed E-state index contributed by atoms with van der Waals surface area (Å²) in [7, 11) is 1.64. The van der Waals surface area contributed by atoms with Gasteiger partial charge < -0.3 is 15.8 Å². The van der Waals surface area contributed by atoms with E-state index >= 15 is 0 Å². The van der Waals surface area contributed by atoms with Gasteiger partial charge in [-0.1, -0.05) is 63.6 Å². The summed E-state index contributed by atoms with van der Waals surface area (Å²) < 4.78 is 5.31. The molecular formula is C29H36ClN3O2. The van der Waals surface area contributed by atoms with Gasteiger partial charge in [0.05, 0.1) is 18.8 Å². The number of hydrogen-bond acceptors (Lipinski definition) is 3. The lowest BCUT2D eigenvalue weighted by Crippen LogP contribution is -2.37. The smallest absolute Gasteiger partial charge is 0.326 e. The fraction of sp³-hybridized carbons (Fsp3) is 0.345. The summed E-state index contributed by atoms with van der Waals surface area (Å²) in [5.41, 5.74) is 12.4. The standard InChI is InChI=1S/C29H36ClN3O2/c1-7-24-26(30)17-27(31)25(8-2)28(24)32-29(34)33(22-13-9-20(10-14-22)18(3)4)19(5)21-11-15-23(35-6)16-12-21/h9-19H,7-8,31H2,1-6H3,(H,32,34)/t19-/m0/s1. The van der Waals surface area contributed by atoms with Crippen LogP contribution in [0.15, 0.2) is 54.6 Å². The van der Waals surface area contributed by atoms with Crippen molar-refractivity contribution in [2.24, 2.45) is 0 Å². The molecule has 0 fully saturated rings. The summed E-state index contributed by atoms with van der Waals surface area (Å²) in [6, 6.07) is 17.2. The van der Waals surface area contributed by atoms with Gasteiger partial charge in [0, 0.05) is 16.4 Å². The highest BCUT2D eigenvalue weighted by Crippen LogP contribution is 2.36. The fourth-order valence-electron chi connectivity index (χ4n) is 4.37. The largest absolute Gasteiger partial charge is 0.497 e. The minimum absolute atomic E-state index is 0.238. The molecule has 3 aromatic rings. The lowest BCUT2D eigenvalue weighted by molar-refractivity contribution is 0.255. The van der Waals surface area contributed by atoms with Crippen LogP contribution in [-0.2, 0) is 12.8 Å². The maximum absolute atomic E-state index is 13.9. The quantitative estimate of drug-likeness (QED) is 0.312. The van der Waals surface area contributed by atoms with Gasteiger partial charge in [0.25, 0.3) is 0 Å². The molecule has 2 amide bonds. The van der Waals surface area contributed by atoms with E-state index in [0.29, 0.717) is 35.2 Å². The Hall–Kier alpha value is -3.18. The summed E-state index contributed by atoms with van der Waals surface area (Å²) in [5, 5.41) is 3.73. The highest BCUT2D eigenvalue weighted by molar-refractivity contribution is 6.32. The molecule has 3 N–H and O–H groups in total. The molecule has 0 saturated carbocycles. The molecule has 0 saturated heterocycles. The van der Waals surface area contributed by atoms with E-state index in [1.54, 1.807) is 18.1 Å². The SMILES string of the molecule is CCc1c(N)cc(Cl)c(CC)c1NC(=O)N(c1ccc(C(C)C)cc1)[C@@H](C)c1ccc(OC)cc1. The molecule has 0 unspecified atom stereocenters. The van der Waals surface area contributed by atoms with E-state index in [-0.39, 0.29) is 12.1 Å². The van der Waals surface area contributed by atoms with Crippen molar-refractivity contribution in [3.05, 3.63) is 81.9 Å². The van der Waals surface area contributed by atoms with Crippen LogP contribution in [0, 0.1) is 0 Å². The predicted molar refractivity (Wildman–Crippen MR) is 148 cm³/mol. The number of carbonyl (C=O) groups is 1. The first-order chi connectivity index (χ1) is 16.7. The molecule has 186 valence electrons. The Labute approximate surface area is 214 Å². The maximum atomic E-state index is 13.9. The molecular weight excluding hydrogens is 458 g/mol. The number of rotatable bonds is 8. The van der Waals surface area contributed by atoms with Gasteiger partial charge in [0.1, 0.15) is 5.75 Å². The molecule has 1 atom stereocenters. The van der Waals surface area contributed by atoms with Crippen molar-refractivity contribution in [3.63, 3.8) is 0 Å². The number of ether oxygens (including phenoxy) is 1. The molecule has 0 aliphatic rings. The van der Waals surface area contributed by atoms with Gasteiger partial charge in [-0.15, -0.1) is 0 Å². The number of carbonyl (C=O) groups excluding carboxylic acids is 1. The molecule has 0 aliphatic carbocycles. The number of methoxy groups -OCH3 is 1. The lowest BCUT2D eigenvalue weighted by Gasteiger charge is -2.31. The molecule has 5 nitrogen and oxygen atoms in total. The number of anilines is 3. The molecule has 0 heterocycles. The van der Waals surface area contributed by atoms with Crippen molar-refractivity contribution in [3.8, 4) is 5.75 Å². The van der Waals surface area contributed by atoms with Crippen LogP contribution in [0.5, 0.6) is 5.75 Å². The zero-order chi connectivity index (χ0) is 25.7. The molecule has 6 heteroatoms. The zero-order valence-electron chi connectivity index (χ0n) is 21.5. The van der Waals surface area contributed by atoms with Crippen LogP contribution >= 0.6 is 11.6 Å². The van der Waals surface area contributed by atoms with Gasteiger partial charge in [-0.3, -0.25) is 4.90 Å². The Bertz CT molecular complexity index is 1130. The molecule has 3 aromatic carbocycles. The van der Waals surface area contributed by atoms with E-state index in [4.69, 9.17) is 22.1 Å². The summed E-state index contributed by atoms with van der Waals surface area (Å²) in [4.78, 5) is 15.7. The Kier molecular flexibility index (Phi) is 8.68. The van der Waals surface area contributed by atoms with Crippen LogP contribution in [0.2, 0.25) is 5.02 Å². The molecule has 0 spiro atoms. The molecule has 0 radical (unpaired) electrons. The van der Waals surface area contributed by atoms with Gasteiger partial charge in [0.15, 0.2) is 0 Å². The van der Waals surface area contributed by atoms with E-state index in [0.717, 1.165) is 28.1 Å². The van der Waals surface area contributed by atoms with Crippen LogP contribution in [-0.4, -0.2) is 13.1 Å². The van der Waals surface area contributed by atoms with E-state index in [9.17, 15) is 4.79 Å². The Morgan fingerprint density at radius 3 is 2.06 bits per heavy atom. The third-order valence-electron chi connectivity index (χ3n) is 6.50. The number of amides is 2. The van der Waals surface area contributed by atoms with Crippen LogP contribution in [0.4, 0.5) is 21.9 Å². The third kappa shape index (κ3) is 5.73. The second-order valence-electron chi connectivity index (χ2n) is 8.98. The minimum Gasteiger partial charge on any atom is -0.497 e. The van der Waals surface area contributed by atoms with Crippen molar-refractivity contribution in [2.75, 3.05) is 23.1 Å². The van der Waals surface area contributed by atoms with Gasteiger partial charge in [-0.25, -0.2) is 4.79 Å². The third-order valence-corrected chi connectivity index (χ3v) is 6.84. The number of halogens is 1. The average molecular weight is 494 g/mol. The van der Waals surface area contributed by atoms with E-state index in [1.807, 2.05) is 57.2 Å². The van der Waals surface area contributed by atoms with Crippen LogP contribution in [0.25, 0.3) is 0 Å². The Morgan fingerprint density at radius 1 is 0.971 bits per heavy atom. The van der Waals surface area contributed by atoms with Crippen molar-refractivity contribution >= 4 is 34.7 Å². The summed E-state index contributed by atoms with van der Waals surface area (Å²) in [5.74, 6) is 1.17. The molecule has 35 heavy (non-hydrogen) atoms. The minimum atomic E-state index is -0.239. The Balaban J connectivity index is 2.07. The van der Waals surface area contributed by atoms with Crippen molar-refractivity contribution in [1.29, 1.82) is 0 Å². The lowest BCUT2D eigenvalue weighted by atomic mass is 10.0. The number of nitrogens with zero attached hydrogens (tertiary/aromatic N) is 1. The second-order valence-corrected chi connectivity index (χ2v) is 9.39. The van der Waals surface area contributed by atoms with Crippen LogP contribution in [0.3, 0.4) is 0 Å². The van der Waals surface area contributed by atoms with Crippen molar-refractivity contribution in [1.82, 2.24) is 0 Å². The fourth-order valence-corrected chi connectivity index (χ4v) is 4.71. The van der Waals surface area contributed by atoms with Gasteiger partial charge in [0.2, 0.25) is 0 Å².